The van der Waals surface area contributed by atoms with Crippen molar-refractivity contribution in [2.75, 3.05) is 24.6 Å². The maximum absolute atomic E-state index is 12.7. The van der Waals surface area contributed by atoms with Gasteiger partial charge in [-0.05, 0) is 76.0 Å². The van der Waals surface area contributed by atoms with Gasteiger partial charge in [-0.25, -0.2) is 0 Å². The number of likely N-dealkylation sites (tertiary alicyclic amines) is 1. The number of amides is 1. The summed E-state index contributed by atoms with van der Waals surface area (Å²) in [5.74, 6) is 0.291. The van der Waals surface area contributed by atoms with Gasteiger partial charge < -0.3 is 9.64 Å². The number of nitrogens with zero attached hydrogens (tertiary/aromatic N) is 2. The van der Waals surface area contributed by atoms with Crippen LogP contribution in [0.5, 0.6) is 0 Å². The molecule has 1 amide bonds. The first-order chi connectivity index (χ1) is 13.5. The summed E-state index contributed by atoms with van der Waals surface area (Å²) in [6.45, 7) is 9.85. The van der Waals surface area contributed by atoms with Crippen molar-refractivity contribution in [3.8, 4) is 0 Å². The summed E-state index contributed by atoms with van der Waals surface area (Å²) in [7, 11) is 0. The molecule has 2 aliphatic heterocycles. The van der Waals surface area contributed by atoms with Crippen LogP contribution >= 0.6 is 12.4 Å². The number of carbonyl (C=O) groups is 1. The molecule has 162 valence electrons. The number of hydrogen-bond acceptors (Lipinski definition) is 3. The summed E-state index contributed by atoms with van der Waals surface area (Å²) < 4.78 is 5.99. The fraction of sp³-hybridized carbons (Fsp3) is 0.708. The number of halogens is 1. The van der Waals surface area contributed by atoms with Gasteiger partial charge in [0.25, 0.3) is 0 Å². The van der Waals surface area contributed by atoms with Gasteiger partial charge in [0.1, 0.15) is 0 Å². The molecule has 2 fully saturated rings. The first kappa shape index (κ1) is 22.6. The zero-order chi connectivity index (χ0) is 19.7. The van der Waals surface area contributed by atoms with E-state index in [1.807, 2.05) is 0 Å². The van der Waals surface area contributed by atoms with Crippen molar-refractivity contribution >= 4 is 24.0 Å². The Labute approximate surface area is 182 Å². The van der Waals surface area contributed by atoms with E-state index < -0.39 is 0 Å². The lowest BCUT2D eigenvalue weighted by molar-refractivity contribution is -0.118. The average molecular weight is 421 g/mol. The van der Waals surface area contributed by atoms with Gasteiger partial charge in [0.2, 0.25) is 5.91 Å². The van der Waals surface area contributed by atoms with Crippen LogP contribution in [-0.2, 0) is 16.0 Å². The standard InChI is InChI=1S/C24H36N2O2.ClH/c1-4-15-28-21-7-11-24(3,12-8-21)25-13-9-20(10-14-25)26-22-16-18(2)5-6-19(22)17-23(26)27;/h5-6,16,20-21H,4,7-15,17H2,1-3H3;1H/t21-,24-;. The molecule has 2 heterocycles. The van der Waals surface area contributed by atoms with Crippen LogP contribution in [-0.4, -0.2) is 48.2 Å². The Kier molecular flexibility index (Phi) is 7.29. The molecule has 0 aromatic heterocycles. The van der Waals surface area contributed by atoms with E-state index in [9.17, 15) is 4.79 Å². The summed E-state index contributed by atoms with van der Waals surface area (Å²) in [6.07, 6.45) is 9.17. The number of anilines is 1. The van der Waals surface area contributed by atoms with E-state index in [1.54, 1.807) is 0 Å². The number of aryl methyl sites for hydroxylation is 1. The van der Waals surface area contributed by atoms with Crippen LogP contribution in [0.3, 0.4) is 0 Å². The molecule has 0 spiro atoms. The Morgan fingerprint density at radius 3 is 2.48 bits per heavy atom. The first-order valence-corrected chi connectivity index (χ1v) is 11.3. The molecule has 0 unspecified atom stereocenters. The molecule has 5 heteroatoms. The molecule has 1 aromatic carbocycles. The quantitative estimate of drug-likeness (QED) is 0.679. The van der Waals surface area contributed by atoms with Crippen LogP contribution in [0.25, 0.3) is 0 Å². The number of hydrogen-bond donors (Lipinski definition) is 0. The number of rotatable bonds is 5. The van der Waals surface area contributed by atoms with Gasteiger partial charge in [0.15, 0.2) is 0 Å². The second-order valence-corrected chi connectivity index (χ2v) is 9.36. The second kappa shape index (κ2) is 9.36. The molecule has 0 radical (unpaired) electrons. The topological polar surface area (TPSA) is 32.8 Å². The molecule has 3 aliphatic rings. The predicted molar refractivity (Wildman–Crippen MR) is 121 cm³/mol. The summed E-state index contributed by atoms with van der Waals surface area (Å²) >= 11 is 0. The SMILES string of the molecule is CCCO[C@H]1CC[C@](C)(N2CCC(N3C(=O)Cc4ccc(C)cc43)CC2)CC1.Cl. The minimum atomic E-state index is 0. The van der Waals surface area contributed by atoms with Gasteiger partial charge in [-0.15, -0.1) is 12.4 Å². The van der Waals surface area contributed by atoms with Gasteiger partial charge in [0.05, 0.1) is 12.5 Å². The Hall–Kier alpha value is -1.10. The Morgan fingerprint density at radius 2 is 1.83 bits per heavy atom. The summed E-state index contributed by atoms with van der Waals surface area (Å²) in [6, 6.07) is 6.82. The molecule has 0 atom stereocenters. The van der Waals surface area contributed by atoms with Gasteiger partial charge in [-0.1, -0.05) is 19.1 Å². The first-order valence-electron chi connectivity index (χ1n) is 11.3. The summed E-state index contributed by atoms with van der Waals surface area (Å²) in [5, 5.41) is 0. The van der Waals surface area contributed by atoms with Gasteiger partial charge >= 0.3 is 0 Å². The van der Waals surface area contributed by atoms with E-state index in [0.29, 0.717) is 30.0 Å². The van der Waals surface area contributed by atoms with Crippen molar-refractivity contribution in [2.45, 2.75) is 89.8 Å². The Morgan fingerprint density at radius 1 is 1.14 bits per heavy atom. The van der Waals surface area contributed by atoms with Crippen LogP contribution in [0.1, 0.15) is 69.9 Å². The van der Waals surface area contributed by atoms with Crippen molar-refractivity contribution in [3.63, 3.8) is 0 Å². The molecule has 1 saturated heterocycles. The van der Waals surface area contributed by atoms with Crippen LogP contribution in [0.4, 0.5) is 5.69 Å². The van der Waals surface area contributed by atoms with Crippen molar-refractivity contribution < 1.29 is 9.53 Å². The lowest BCUT2D eigenvalue weighted by atomic mass is 9.79. The van der Waals surface area contributed by atoms with Crippen LogP contribution in [0.15, 0.2) is 18.2 Å². The van der Waals surface area contributed by atoms with E-state index in [0.717, 1.165) is 39.0 Å². The maximum Gasteiger partial charge on any atom is 0.231 e. The molecular formula is C24H37ClN2O2. The minimum Gasteiger partial charge on any atom is -0.378 e. The molecule has 4 rings (SSSR count). The Bertz CT molecular complexity index is 707. The maximum atomic E-state index is 12.7. The van der Waals surface area contributed by atoms with Gasteiger partial charge in [-0.3, -0.25) is 9.69 Å². The molecule has 1 aromatic rings. The Balaban J connectivity index is 0.00000240. The fourth-order valence-corrected chi connectivity index (χ4v) is 5.47. The largest absolute Gasteiger partial charge is 0.378 e. The highest BCUT2D eigenvalue weighted by Gasteiger charge is 2.41. The molecule has 4 nitrogen and oxygen atoms in total. The molecule has 1 saturated carbocycles. The van der Waals surface area contributed by atoms with Crippen molar-refractivity contribution in [1.82, 2.24) is 4.90 Å². The van der Waals surface area contributed by atoms with E-state index in [1.165, 1.54) is 42.5 Å². The van der Waals surface area contributed by atoms with Crippen molar-refractivity contribution in [3.05, 3.63) is 29.3 Å². The number of ether oxygens (including phenoxy) is 1. The van der Waals surface area contributed by atoms with Crippen LogP contribution < -0.4 is 4.90 Å². The van der Waals surface area contributed by atoms with Crippen molar-refractivity contribution in [2.24, 2.45) is 0 Å². The molecule has 0 N–H and O–H groups in total. The third-order valence-corrected chi connectivity index (χ3v) is 7.27. The van der Waals surface area contributed by atoms with E-state index in [2.05, 4.69) is 48.8 Å². The van der Waals surface area contributed by atoms with Gasteiger partial charge in [-0.2, -0.15) is 0 Å². The van der Waals surface area contributed by atoms with E-state index in [4.69, 9.17) is 4.74 Å². The molecule has 1 aliphatic carbocycles. The highest BCUT2D eigenvalue weighted by molar-refractivity contribution is 6.02. The van der Waals surface area contributed by atoms with E-state index in [-0.39, 0.29) is 12.4 Å². The second-order valence-electron chi connectivity index (χ2n) is 9.36. The average Bonchev–Trinajstić information content (AvgIpc) is 3.02. The zero-order valence-corrected chi connectivity index (χ0v) is 19.1. The molecule has 0 bridgehead atoms. The highest BCUT2D eigenvalue weighted by Crippen LogP contribution is 2.39. The number of fused-ring (bicyclic) bond motifs is 1. The van der Waals surface area contributed by atoms with Crippen LogP contribution in [0, 0.1) is 6.92 Å². The number of benzene rings is 1. The third-order valence-electron chi connectivity index (χ3n) is 7.27. The van der Waals surface area contributed by atoms with Crippen molar-refractivity contribution in [1.29, 1.82) is 0 Å². The number of piperidine rings is 1. The van der Waals surface area contributed by atoms with Crippen LogP contribution in [0.2, 0.25) is 0 Å². The number of carbonyl (C=O) groups excluding carboxylic acids is 1. The normalized spacial score (nSPS) is 28.3. The third kappa shape index (κ3) is 4.65. The smallest absolute Gasteiger partial charge is 0.231 e. The minimum absolute atomic E-state index is 0. The lowest BCUT2D eigenvalue weighted by Crippen LogP contribution is -2.55. The van der Waals surface area contributed by atoms with Gasteiger partial charge in [0, 0.05) is 37.0 Å². The molecule has 29 heavy (non-hydrogen) atoms. The fourth-order valence-electron chi connectivity index (χ4n) is 5.47. The summed E-state index contributed by atoms with van der Waals surface area (Å²) in [5.41, 5.74) is 3.92. The molecular weight excluding hydrogens is 384 g/mol. The lowest BCUT2D eigenvalue weighted by Gasteiger charge is -2.49. The highest BCUT2D eigenvalue weighted by atomic mass is 35.5. The zero-order valence-electron chi connectivity index (χ0n) is 18.3. The van der Waals surface area contributed by atoms with E-state index >= 15 is 0 Å². The monoisotopic (exact) mass is 420 g/mol. The summed E-state index contributed by atoms with van der Waals surface area (Å²) in [4.78, 5) is 17.5. The predicted octanol–water partition coefficient (Wildman–Crippen LogP) is 4.90.